The van der Waals surface area contributed by atoms with E-state index >= 15 is 0 Å². The van der Waals surface area contributed by atoms with Gasteiger partial charge < -0.3 is 5.32 Å². The van der Waals surface area contributed by atoms with Gasteiger partial charge in [-0.1, -0.05) is 31.3 Å². The third-order valence-electron chi connectivity index (χ3n) is 3.37. The van der Waals surface area contributed by atoms with Gasteiger partial charge in [0, 0.05) is 5.92 Å². The first-order valence-corrected chi connectivity index (χ1v) is 8.71. The van der Waals surface area contributed by atoms with E-state index in [-0.39, 0.29) is 18.1 Å². The lowest BCUT2D eigenvalue weighted by atomic mass is 10.1. The quantitative estimate of drug-likeness (QED) is 0.794. The number of hydrogen-bond acceptors (Lipinski definition) is 4. The molecule has 1 amide bonds. The van der Waals surface area contributed by atoms with Gasteiger partial charge in [-0.2, -0.15) is 0 Å². The normalized spacial score (nSPS) is 11.0. The van der Waals surface area contributed by atoms with Crippen LogP contribution in [0.1, 0.15) is 43.2 Å². The Morgan fingerprint density at radius 1 is 1.36 bits per heavy atom. The van der Waals surface area contributed by atoms with Crippen LogP contribution in [-0.4, -0.2) is 16.1 Å². The van der Waals surface area contributed by atoms with E-state index in [1.165, 1.54) is 17.4 Å². The van der Waals surface area contributed by atoms with Crippen molar-refractivity contribution in [2.45, 2.75) is 39.0 Å². The molecule has 0 bridgehead atoms. The van der Waals surface area contributed by atoms with E-state index in [9.17, 15) is 9.18 Å². The highest BCUT2D eigenvalue weighted by Crippen LogP contribution is 2.28. The number of carbonyl (C=O) groups is 1. The molecule has 0 saturated carbocycles. The highest BCUT2D eigenvalue weighted by Gasteiger charge is 2.15. The Bertz CT molecular complexity index is 658. The molecule has 0 aliphatic carbocycles. The molecule has 118 valence electrons. The van der Waals surface area contributed by atoms with Crippen molar-refractivity contribution in [2.24, 2.45) is 0 Å². The van der Waals surface area contributed by atoms with Crippen molar-refractivity contribution in [3.63, 3.8) is 0 Å². The fraction of sp³-hybridized carbons (Fsp3) is 0.400. The lowest BCUT2D eigenvalue weighted by molar-refractivity contribution is -0.115. The predicted octanol–water partition coefficient (Wildman–Crippen LogP) is 4.52. The van der Waals surface area contributed by atoms with E-state index in [0.717, 1.165) is 23.4 Å². The van der Waals surface area contributed by atoms with Crippen molar-refractivity contribution in [1.82, 2.24) is 10.2 Å². The Kier molecular flexibility index (Phi) is 6.02. The SMILES string of the molecule is CCC(CC)c1nnc(NC(=O)Cc2ccc(F)c(Br)c2)s1. The van der Waals surface area contributed by atoms with Crippen molar-refractivity contribution in [3.8, 4) is 0 Å². The lowest BCUT2D eigenvalue weighted by Gasteiger charge is -2.06. The standard InChI is InChI=1S/C15H17BrFN3OS/c1-3-10(4-2)14-19-20-15(22-14)18-13(21)8-9-5-6-12(17)11(16)7-9/h5-7,10H,3-4,8H2,1-2H3,(H,18,20,21). The summed E-state index contributed by atoms with van der Waals surface area (Å²) in [6.45, 7) is 4.22. The number of nitrogens with zero attached hydrogens (tertiary/aromatic N) is 2. The van der Waals surface area contributed by atoms with Gasteiger partial charge in [0.2, 0.25) is 11.0 Å². The number of anilines is 1. The third-order valence-corrected chi connectivity index (χ3v) is 4.98. The Labute approximate surface area is 141 Å². The number of amides is 1. The summed E-state index contributed by atoms with van der Waals surface area (Å²) in [7, 11) is 0. The minimum atomic E-state index is -0.344. The predicted molar refractivity (Wildman–Crippen MR) is 89.7 cm³/mol. The van der Waals surface area contributed by atoms with Gasteiger partial charge in [-0.05, 0) is 46.5 Å². The Balaban J connectivity index is 1.98. The second-order valence-corrected chi connectivity index (χ2v) is 6.80. The molecule has 22 heavy (non-hydrogen) atoms. The van der Waals surface area contributed by atoms with Gasteiger partial charge in [0.1, 0.15) is 10.8 Å². The smallest absolute Gasteiger partial charge is 0.230 e. The van der Waals surface area contributed by atoms with E-state index in [4.69, 9.17) is 0 Å². The number of hydrogen-bond donors (Lipinski definition) is 1. The highest BCUT2D eigenvalue weighted by atomic mass is 79.9. The monoisotopic (exact) mass is 385 g/mol. The number of rotatable bonds is 6. The number of nitrogens with one attached hydrogen (secondary N) is 1. The van der Waals surface area contributed by atoms with Crippen LogP contribution in [0, 0.1) is 5.82 Å². The molecule has 2 rings (SSSR count). The lowest BCUT2D eigenvalue weighted by Crippen LogP contribution is -2.14. The number of benzene rings is 1. The zero-order valence-corrected chi connectivity index (χ0v) is 14.8. The topological polar surface area (TPSA) is 54.9 Å². The molecule has 1 aromatic carbocycles. The minimum absolute atomic E-state index is 0.165. The van der Waals surface area contributed by atoms with Crippen LogP contribution >= 0.6 is 27.3 Å². The molecule has 0 atom stereocenters. The minimum Gasteiger partial charge on any atom is -0.300 e. The fourth-order valence-electron chi connectivity index (χ4n) is 2.09. The fourth-order valence-corrected chi connectivity index (χ4v) is 3.54. The summed E-state index contributed by atoms with van der Waals surface area (Å²) in [5.74, 6) is -0.148. The second-order valence-electron chi connectivity index (χ2n) is 4.93. The summed E-state index contributed by atoms with van der Waals surface area (Å²) in [6, 6.07) is 4.53. The summed E-state index contributed by atoms with van der Waals surface area (Å²) < 4.78 is 13.5. The van der Waals surface area contributed by atoms with Gasteiger partial charge in [-0.25, -0.2) is 4.39 Å². The second kappa shape index (κ2) is 7.78. The molecule has 1 aromatic heterocycles. The van der Waals surface area contributed by atoms with Gasteiger partial charge in [0.05, 0.1) is 10.9 Å². The van der Waals surface area contributed by atoms with Gasteiger partial charge >= 0.3 is 0 Å². The van der Waals surface area contributed by atoms with Crippen molar-refractivity contribution >= 4 is 38.3 Å². The number of halogens is 2. The molecule has 1 N–H and O–H groups in total. The van der Waals surface area contributed by atoms with Crippen molar-refractivity contribution in [2.75, 3.05) is 5.32 Å². The van der Waals surface area contributed by atoms with Crippen LogP contribution in [0.2, 0.25) is 0 Å². The first-order chi connectivity index (χ1) is 10.5. The van der Waals surface area contributed by atoms with Crippen molar-refractivity contribution < 1.29 is 9.18 Å². The maximum absolute atomic E-state index is 13.2. The molecular weight excluding hydrogens is 369 g/mol. The van der Waals surface area contributed by atoms with Crippen LogP contribution in [0.4, 0.5) is 9.52 Å². The molecule has 0 fully saturated rings. The Hall–Kier alpha value is -1.34. The van der Waals surface area contributed by atoms with Crippen LogP contribution in [0.5, 0.6) is 0 Å². The maximum atomic E-state index is 13.2. The number of carbonyl (C=O) groups excluding carboxylic acids is 1. The van der Waals surface area contributed by atoms with Crippen LogP contribution in [0.15, 0.2) is 22.7 Å². The van der Waals surface area contributed by atoms with Gasteiger partial charge in [-0.15, -0.1) is 10.2 Å². The summed E-state index contributed by atoms with van der Waals surface area (Å²) >= 11 is 4.52. The Morgan fingerprint density at radius 3 is 2.73 bits per heavy atom. The average Bonchev–Trinajstić information content (AvgIpc) is 2.92. The summed E-state index contributed by atoms with van der Waals surface area (Å²) in [5, 5.41) is 12.4. The van der Waals surface area contributed by atoms with Crippen LogP contribution < -0.4 is 5.32 Å². The zero-order valence-electron chi connectivity index (χ0n) is 12.4. The van der Waals surface area contributed by atoms with E-state index in [2.05, 4.69) is 45.3 Å². The van der Waals surface area contributed by atoms with Gasteiger partial charge in [-0.3, -0.25) is 4.79 Å². The average molecular weight is 386 g/mol. The van der Waals surface area contributed by atoms with Crippen LogP contribution in [0.3, 0.4) is 0 Å². The summed E-state index contributed by atoms with van der Waals surface area (Å²) in [4.78, 5) is 12.0. The molecule has 0 aliphatic rings. The molecule has 0 saturated heterocycles. The zero-order chi connectivity index (χ0) is 16.1. The first-order valence-electron chi connectivity index (χ1n) is 7.10. The molecule has 7 heteroatoms. The molecule has 2 aromatic rings. The van der Waals surface area contributed by atoms with Gasteiger partial charge in [0.25, 0.3) is 0 Å². The van der Waals surface area contributed by atoms with E-state index < -0.39 is 0 Å². The van der Waals surface area contributed by atoms with Gasteiger partial charge in [0.15, 0.2) is 0 Å². The summed E-state index contributed by atoms with van der Waals surface area (Å²) in [6.07, 6.45) is 2.17. The summed E-state index contributed by atoms with van der Waals surface area (Å²) in [5.41, 5.74) is 0.732. The van der Waals surface area contributed by atoms with Crippen molar-refractivity contribution in [1.29, 1.82) is 0 Å². The highest BCUT2D eigenvalue weighted by molar-refractivity contribution is 9.10. The molecule has 4 nitrogen and oxygen atoms in total. The molecule has 0 aliphatic heterocycles. The first kappa shape index (κ1) is 17.0. The molecule has 0 radical (unpaired) electrons. The molecular formula is C15H17BrFN3OS. The van der Waals surface area contributed by atoms with E-state index in [1.807, 2.05) is 0 Å². The number of aromatic nitrogens is 2. The van der Waals surface area contributed by atoms with E-state index in [1.54, 1.807) is 12.1 Å². The molecule has 1 heterocycles. The molecule has 0 unspecified atom stereocenters. The molecule has 0 spiro atoms. The van der Waals surface area contributed by atoms with Crippen molar-refractivity contribution in [3.05, 3.63) is 39.1 Å². The maximum Gasteiger partial charge on any atom is 0.230 e. The Morgan fingerprint density at radius 2 is 2.09 bits per heavy atom. The van der Waals surface area contributed by atoms with E-state index in [0.29, 0.717) is 15.5 Å². The van der Waals surface area contributed by atoms with Crippen LogP contribution in [-0.2, 0) is 11.2 Å². The third kappa shape index (κ3) is 4.33. The largest absolute Gasteiger partial charge is 0.300 e. The van der Waals surface area contributed by atoms with Crippen LogP contribution in [0.25, 0.3) is 0 Å².